The van der Waals surface area contributed by atoms with Gasteiger partial charge in [0.15, 0.2) is 17.3 Å². The van der Waals surface area contributed by atoms with E-state index in [0.717, 1.165) is 17.3 Å². The zero-order valence-corrected chi connectivity index (χ0v) is 21.2. The lowest BCUT2D eigenvalue weighted by atomic mass is 10.2. The van der Waals surface area contributed by atoms with Crippen LogP contribution in [-0.4, -0.2) is 69.9 Å². The number of hydrogen-bond acceptors (Lipinski definition) is 11. The van der Waals surface area contributed by atoms with E-state index in [4.69, 9.17) is 4.52 Å². The predicted octanol–water partition coefficient (Wildman–Crippen LogP) is 2.01. The number of imidazole rings is 1. The SMILES string of the molecule is Cc1cc(CN2C(=O)c3c(ncn3[C@@H](C)C(=O)Nc3cncc(-c4cnc(C(F)(F)F)nc4)n3)N(C)C2O)no1. The Labute approximate surface area is 223 Å². The lowest BCUT2D eigenvalue weighted by Crippen LogP contribution is -2.54. The Kier molecular flexibility index (Phi) is 6.66. The number of halogens is 3. The topological polar surface area (TPSA) is 168 Å². The molecule has 0 saturated heterocycles. The molecule has 1 aliphatic heterocycles. The predicted molar refractivity (Wildman–Crippen MR) is 129 cm³/mol. The summed E-state index contributed by atoms with van der Waals surface area (Å²) in [5.41, 5.74) is 0.777. The molecule has 0 aromatic carbocycles. The minimum absolute atomic E-state index is 0.00475. The molecule has 0 saturated carbocycles. The number of carbonyl (C=O) groups excluding carboxylic acids is 2. The maximum absolute atomic E-state index is 13.4. The average molecular weight is 558 g/mol. The van der Waals surface area contributed by atoms with Gasteiger partial charge in [-0.2, -0.15) is 13.2 Å². The fraction of sp³-hybridized carbons (Fsp3) is 0.304. The minimum Gasteiger partial charge on any atom is -0.361 e. The Morgan fingerprint density at radius 1 is 1.20 bits per heavy atom. The van der Waals surface area contributed by atoms with Crippen molar-refractivity contribution in [3.05, 3.63) is 60.2 Å². The summed E-state index contributed by atoms with van der Waals surface area (Å²) in [6.45, 7) is 3.17. The van der Waals surface area contributed by atoms with Crippen molar-refractivity contribution in [2.24, 2.45) is 0 Å². The molecule has 1 aliphatic rings. The van der Waals surface area contributed by atoms with E-state index in [0.29, 0.717) is 11.5 Å². The molecule has 2 amide bonds. The smallest absolute Gasteiger partial charge is 0.361 e. The van der Waals surface area contributed by atoms with E-state index >= 15 is 0 Å². The van der Waals surface area contributed by atoms with Crippen molar-refractivity contribution >= 4 is 23.5 Å². The number of alkyl halides is 3. The Balaban J connectivity index is 1.35. The van der Waals surface area contributed by atoms with E-state index in [1.807, 2.05) is 0 Å². The molecular weight excluding hydrogens is 537 g/mol. The number of aromatic nitrogens is 7. The molecule has 1 unspecified atom stereocenters. The maximum Gasteiger partial charge on any atom is 0.451 e. The van der Waals surface area contributed by atoms with Gasteiger partial charge in [-0.1, -0.05) is 5.16 Å². The van der Waals surface area contributed by atoms with Crippen LogP contribution in [0.25, 0.3) is 11.3 Å². The van der Waals surface area contributed by atoms with E-state index in [2.05, 4.69) is 35.4 Å². The number of aliphatic hydroxyl groups is 1. The van der Waals surface area contributed by atoms with Crippen molar-refractivity contribution in [3.8, 4) is 11.3 Å². The summed E-state index contributed by atoms with van der Waals surface area (Å²) in [5, 5.41) is 17.2. The normalized spacial score (nSPS) is 16.2. The van der Waals surface area contributed by atoms with Crippen LogP contribution in [0.2, 0.25) is 0 Å². The lowest BCUT2D eigenvalue weighted by Gasteiger charge is -2.38. The molecule has 40 heavy (non-hydrogen) atoms. The summed E-state index contributed by atoms with van der Waals surface area (Å²) in [4.78, 5) is 48.1. The van der Waals surface area contributed by atoms with Crippen LogP contribution >= 0.6 is 0 Å². The van der Waals surface area contributed by atoms with Crippen molar-refractivity contribution in [1.29, 1.82) is 0 Å². The third-order valence-corrected chi connectivity index (χ3v) is 6.09. The highest BCUT2D eigenvalue weighted by Gasteiger charge is 2.40. The molecule has 0 bridgehead atoms. The van der Waals surface area contributed by atoms with Gasteiger partial charge < -0.3 is 24.4 Å². The quantitative estimate of drug-likeness (QED) is 0.355. The summed E-state index contributed by atoms with van der Waals surface area (Å²) < 4.78 is 44.7. The van der Waals surface area contributed by atoms with Crippen LogP contribution in [0.15, 0.2) is 41.7 Å². The van der Waals surface area contributed by atoms with Gasteiger partial charge in [-0.3, -0.25) is 19.5 Å². The molecule has 4 aromatic rings. The largest absolute Gasteiger partial charge is 0.451 e. The number of rotatable bonds is 6. The molecule has 5 rings (SSSR count). The van der Waals surface area contributed by atoms with Gasteiger partial charge in [0.1, 0.15) is 17.5 Å². The third kappa shape index (κ3) is 4.93. The van der Waals surface area contributed by atoms with Crippen LogP contribution in [0.1, 0.15) is 40.7 Å². The summed E-state index contributed by atoms with van der Waals surface area (Å²) in [5.74, 6) is -1.75. The van der Waals surface area contributed by atoms with E-state index in [1.54, 1.807) is 20.0 Å². The summed E-state index contributed by atoms with van der Waals surface area (Å²) in [6.07, 6.45) is -0.286. The van der Waals surface area contributed by atoms with Crippen molar-refractivity contribution < 1.29 is 32.4 Å². The van der Waals surface area contributed by atoms with Gasteiger partial charge in [-0.15, -0.1) is 0 Å². The highest BCUT2D eigenvalue weighted by Crippen LogP contribution is 2.31. The number of amides is 2. The first-order valence-corrected chi connectivity index (χ1v) is 11.7. The molecule has 0 fully saturated rings. The molecule has 0 spiro atoms. The van der Waals surface area contributed by atoms with Gasteiger partial charge in [0.25, 0.3) is 5.91 Å². The zero-order chi connectivity index (χ0) is 28.8. The minimum atomic E-state index is -4.69. The highest BCUT2D eigenvalue weighted by atomic mass is 19.4. The van der Waals surface area contributed by atoms with Gasteiger partial charge in [0.2, 0.25) is 18.1 Å². The van der Waals surface area contributed by atoms with E-state index in [1.165, 1.54) is 35.1 Å². The van der Waals surface area contributed by atoms with E-state index in [9.17, 15) is 27.9 Å². The number of hydrogen-bond donors (Lipinski definition) is 2. The number of nitrogens with zero attached hydrogens (tertiary/aromatic N) is 9. The van der Waals surface area contributed by atoms with Crippen LogP contribution in [0, 0.1) is 6.92 Å². The van der Waals surface area contributed by atoms with E-state index < -0.39 is 36.2 Å². The monoisotopic (exact) mass is 558 g/mol. The first-order valence-electron chi connectivity index (χ1n) is 11.7. The molecule has 208 valence electrons. The Hall–Kier alpha value is -4.93. The zero-order valence-electron chi connectivity index (χ0n) is 21.2. The van der Waals surface area contributed by atoms with Gasteiger partial charge >= 0.3 is 6.18 Å². The van der Waals surface area contributed by atoms with Gasteiger partial charge in [0, 0.05) is 31.1 Å². The number of fused-ring (bicyclic) bond motifs is 1. The highest BCUT2D eigenvalue weighted by molar-refractivity contribution is 6.01. The Bertz CT molecular complexity index is 1570. The Morgan fingerprint density at radius 3 is 2.58 bits per heavy atom. The van der Waals surface area contributed by atoms with Crippen LogP contribution in [0.4, 0.5) is 24.8 Å². The fourth-order valence-corrected chi connectivity index (χ4v) is 4.02. The van der Waals surface area contributed by atoms with Crippen LogP contribution in [0.3, 0.4) is 0 Å². The number of carbonyl (C=O) groups is 2. The molecule has 2 atom stereocenters. The van der Waals surface area contributed by atoms with Gasteiger partial charge in [-0.25, -0.2) is 19.9 Å². The lowest BCUT2D eigenvalue weighted by molar-refractivity contribution is -0.145. The second kappa shape index (κ2) is 9.99. The molecule has 5 heterocycles. The van der Waals surface area contributed by atoms with Crippen LogP contribution < -0.4 is 10.2 Å². The number of aryl methyl sites for hydroxylation is 1. The molecule has 17 heteroatoms. The maximum atomic E-state index is 13.4. The van der Waals surface area contributed by atoms with Gasteiger partial charge in [0.05, 0.1) is 31.0 Å². The van der Waals surface area contributed by atoms with E-state index in [-0.39, 0.29) is 35.1 Å². The third-order valence-electron chi connectivity index (χ3n) is 6.09. The Morgan fingerprint density at radius 2 is 1.93 bits per heavy atom. The number of aliphatic hydroxyl groups excluding tert-OH is 1. The first-order chi connectivity index (χ1) is 18.9. The summed E-state index contributed by atoms with van der Waals surface area (Å²) >= 11 is 0. The van der Waals surface area contributed by atoms with Crippen molar-refractivity contribution in [2.75, 3.05) is 17.3 Å². The van der Waals surface area contributed by atoms with Crippen LogP contribution in [-0.2, 0) is 17.5 Å². The second-order valence-corrected chi connectivity index (χ2v) is 8.89. The molecule has 14 nitrogen and oxygen atoms in total. The summed E-state index contributed by atoms with van der Waals surface area (Å²) in [7, 11) is 1.55. The molecular formula is C23H21F3N10O4. The standard InChI is InChI=1S/C23H21F3N10O4/c1-11-4-14(33-40-11)9-35-20(38)17-18(34(3)22(35)39)30-10-36(17)12(2)19(37)32-16-8-27-7-15(31-16)13-5-28-21(29-6-13)23(24,25)26/h4-8,10,12,22,39H,9H2,1-3H3,(H,31,32,37)/t12-,22?/m0/s1. The van der Waals surface area contributed by atoms with Gasteiger partial charge in [-0.05, 0) is 13.8 Å². The van der Waals surface area contributed by atoms with Crippen LogP contribution in [0.5, 0.6) is 0 Å². The molecule has 4 aromatic heterocycles. The van der Waals surface area contributed by atoms with Crippen molar-refractivity contribution in [1.82, 2.24) is 39.5 Å². The summed E-state index contributed by atoms with van der Waals surface area (Å²) in [6, 6.07) is 0.661. The fourth-order valence-electron chi connectivity index (χ4n) is 4.02. The van der Waals surface area contributed by atoms with Crippen molar-refractivity contribution in [3.63, 3.8) is 0 Å². The number of nitrogens with one attached hydrogen (secondary N) is 1. The molecule has 0 radical (unpaired) electrons. The number of anilines is 2. The van der Waals surface area contributed by atoms with Crippen molar-refractivity contribution in [2.45, 2.75) is 39.0 Å². The first kappa shape index (κ1) is 26.7. The molecule has 0 aliphatic carbocycles. The second-order valence-electron chi connectivity index (χ2n) is 8.89. The average Bonchev–Trinajstić information content (AvgIpc) is 3.55. The molecule has 2 N–H and O–H groups in total.